The van der Waals surface area contributed by atoms with Crippen molar-refractivity contribution < 1.29 is 9.50 Å². The summed E-state index contributed by atoms with van der Waals surface area (Å²) in [5.41, 5.74) is 3.27. The largest absolute Gasteiger partial charge is 0.382 e. The average molecular weight is 284 g/mol. The molecular weight excluding hydrogens is 267 g/mol. The first-order chi connectivity index (χ1) is 9.99. The van der Waals surface area contributed by atoms with Crippen molar-refractivity contribution in [3.8, 4) is 0 Å². The van der Waals surface area contributed by atoms with Crippen molar-refractivity contribution >= 4 is 10.9 Å². The standard InChI is InChI=1S/C17H17FN2O/c1-10-8-11(2)15(13(18)9-10)17(21)16-12-6-4-5-7-14(12)20(3)19-16/h4-9,17,21H,1-3H3. The number of aryl methyl sites for hydroxylation is 3. The first-order valence-corrected chi connectivity index (χ1v) is 6.85. The molecular formula is C17H17FN2O. The molecule has 3 aromatic rings. The van der Waals surface area contributed by atoms with E-state index in [4.69, 9.17) is 0 Å². The summed E-state index contributed by atoms with van der Waals surface area (Å²) in [6, 6.07) is 10.9. The molecule has 1 atom stereocenters. The Labute approximate surface area is 122 Å². The highest BCUT2D eigenvalue weighted by molar-refractivity contribution is 5.82. The van der Waals surface area contributed by atoms with E-state index in [-0.39, 0.29) is 0 Å². The van der Waals surface area contributed by atoms with Gasteiger partial charge in [0.1, 0.15) is 17.6 Å². The summed E-state index contributed by atoms with van der Waals surface area (Å²) in [5.74, 6) is -0.394. The van der Waals surface area contributed by atoms with Crippen LogP contribution in [0.3, 0.4) is 0 Å². The van der Waals surface area contributed by atoms with E-state index in [1.165, 1.54) is 6.07 Å². The molecule has 21 heavy (non-hydrogen) atoms. The van der Waals surface area contributed by atoms with Crippen molar-refractivity contribution in [2.75, 3.05) is 0 Å². The molecule has 0 amide bonds. The molecule has 0 aliphatic carbocycles. The van der Waals surface area contributed by atoms with Crippen molar-refractivity contribution in [3.05, 3.63) is 64.6 Å². The maximum Gasteiger partial charge on any atom is 0.129 e. The lowest BCUT2D eigenvalue weighted by Gasteiger charge is -2.14. The molecule has 0 fully saturated rings. The molecule has 0 bridgehead atoms. The summed E-state index contributed by atoms with van der Waals surface area (Å²) in [6.45, 7) is 3.64. The van der Waals surface area contributed by atoms with Crippen LogP contribution in [0.2, 0.25) is 0 Å². The molecule has 3 nitrogen and oxygen atoms in total. The van der Waals surface area contributed by atoms with Crippen LogP contribution in [0, 0.1) is 19.7 Å². The van der Waals surface area contributed by atoms with Gasteiger partial charge in [-0.3, -0.25) is 4.68 Å². The molecule has 0 spiro atoms. The zero-order chi connectivity index (χ0) is 15.1. The van der Waals surface area contributed by atoms with Gasteiger partial charge in [-0.05, 0) is 37.1 Å². The van der Waals surface area contributed by atoms with Gasteiger partial charge < -0.3 is 5.11 Å². The smallest absolute Gasteiger partial charge is 0.129 e. The Morgan fingerprint density at radius 2 is 1.90 bits per heavy atom. The fourth-order valence-electron chi connectivity index (χ4n) is 2.85. The van der Waals surface area contributed by atoms with E-state index in [0.29, 0.717) is 11.3 Å². The summed E-state index contributed by atoms with van der Waals surface area (Å²) < 4.78 is 16.0. The Morgan fingerprint density at radius 3 is 2.62 bits per heavy atom. The molecule has 1 N–H and O–H groups in total. The molecule has 3 rings (SSSR count). The van der Waals surface area contributed by atoms with Gasteiger partial charge >= 0.3 is 0 Å². The third kappa shape index (κ3) is 2.21. The van der Waals surface area contributed by atoms with Crippen molar-refractivity contribution in [3.63, 3.8) is 0 Å². The fraction of sp³-hybridized carbons (Fsp3) is 0.235. The van der Waals surface area contributed by atoms with Gasteiger partial charge in [-0.15, -0.1) is 0 Å². The van der Waals surface area contributed by atoms with Gasteiger partial charge in [-0.1, -0.05) is 24.3 Å². The van der Waals surface area contributed by atoms with E-state index < -0.39 is 11.9 Å². The lowest BCUT2D eigenvalue weighted by Crippen LogP contribution is -2.07. The molecule has 4 heteroatoms. The second-order valence-corrected chi connectivity index (χ2v) is 5.41. The Hall–Kier alpha value is -2.20. The minimum Gasteiger partial charge on any atom is -0.382 e. The van der Waals surface area contributed by atoms with Crippen LogP contribution in [0.1, 0.15) is 28.5 Å². The van der Waals surface area contributed by atoms with Gasteiger partial charge in [0.05, 0.1) is 5.52 Å². The Balaban J connectivity index is 2.20. The predicted molar refractivity (Wildman–Crippen MR) is 80.6 cm³/mol. The normalized spacial score (nSPS) is 12.8. The van der Waals surface area contributed by atoms with Crippen LogP contribution in [0.5, 0.6) is 0 Å². The fourth-order valence-corrected chi connectivity index (χ4v) is 2.85. The van der Waals surface area contributed by atoms with E-state index in [1.54, 1.807) is 11.6 Å². The van der Waals surface area contributed by atoms with Gasteiger partial charge in [0.25, 0.3) is 0 Å². The van der Waals surface area contributed by atoms with Gasteiger partial charge in [0.2, 0.25) is 0 Å². The zero-order valence-corrected chi connectivity index (χ0v) is 12.3. The van der Waals surface area contributed by atoms with Gasteiger partial charge in [-0.25, -0.2) is 4.39 Å². The minimum atomic E-state index is -1.07. The topological polar surface area (TPSA) is 38.1 Å². The SMILES string of the molecule is Cc1cc(C)c(C(O)c2nn(C)c3ccccc23)c(F)c1. The van der Waals surface area contributed by atoms with E-state index in [2.05, 4.69) is 5.10 Å². The molecule has 0 aliphatic heterocycles. The summed E-state index contributed by atoms with van der Waals surface area (Å²) in [5, 5.41) is 15.9. The highest BCUT2D eigenvalue weighted by Gasteiger charge is 2.23. The maximum absolute atomic E-state index is 14.3. The summed E-state index contributed by atoms with van der Waals surface area (Å²) >= 11 is 0. The average Bonchev–Trinajstić information content (AvgIpc) is 2.75. The number of rotatable bonds is 2. The summed E-state index contributed by atoms with van der Waals surface area (Å²) in [7, 11) is 1.82. The summed E-state index contributed by atoms with van der Waals surface area (Å²) in [6.07, 6.45) is -1.07. The first-order valence-electron chi connectivity index (χ1n) is 6.85. The zero-order valence-electron chi connectivity index (χ0n) is 12.3. The molecule has 1 heterocycles. The van der Waals surface area contributed by atoms with E-state index >= 15 is 0 Å². The van der Waals surface area contributed by atoms with E-state index in [0.717, 1.165) is 22.0 Å². The second kappa shape index (κ2) is 4.97. The van der Waals surface area contributed by atoms with Crippen LogP contribution >= 0.6 is 0 Å². The van der Waals surface area contributed by atoms with Crippen LogP contribution < -0.4 is 0 Å². The number of aliphatic hydroxyl groups excluding tert-OH is 1. The Bertz CT molecular complexity index is 800. The number of hydrogen-bond acceptors (Lipinski definition) is 2. The lowest BCUT2D eigenvalue weighted by molar-refractivity contribution is 0.209. The quantitative estimate of drug-likeness (QED) is 0.783. The third-order valence-corrected chi connectivity index (χ3v) is 3.80. The molecule has 0 saturated carbocycles. The van der Waals surface area contributed by atoms with E-state index in [1.807, 2.05) is 44.3 Å². The van der Waals surface area contributed by atoms with E-state index in [9.17, 15) is 9.50 Å². The van der Waals surface area contributed by atoms with Gasteiger partial charge in [0.15, 0.2) is 0 Å². The number of fused-ring (bicyclic) bond motifs is 1. The van der Waals surface area contributed by atoms with Crippen molar-refractivity contribution in [1.82, 2.24) is 9.78 Å². The highest BCUT2D eigenvalue weighted by atomic mass is 19.1. The number of benzene rings is 2. The lowest BCUT2D eigenvalue weighted by atomic mass is 9.97. The highest BCUT2D eigenvalue weighted by Crippen LogP contribution is 2.31. The molecule has 1 unspecified atom stereocenters. The van der Waals surface area contributed by atoms with Crippen LogP contribution in [0.15, 0.2) is 36.4 Å². The minimum absolute atomic E-state index is 0.296. The number of hydrogen-bond donors (Lipinski definition) is 1. The Kier molecular flexibility index (Phi) is 3.26. The monoisotopic (exact) mass is 284 g/mol. The number of nitrogens with zero attached hydrogens (tertiary/aromatic N) is 2. The van der Waals surface area contributed by atoms with Crippen molar-refractivity contribution in [1.29, 1.82) is 0 Å². The predicted octanol–water partition coefficient (Wildman–Crippen LogP) is 3.41. The number of para-hydroxylation sites is 1. The first kappa shape index (κ1) is 13.8. The third-order valence-electron chi connectivity index (χ3n) is 3.80. The second-order valence-electron chi connectivity index (χ2n) is 5.41. The van der Waals surface area contributed by atoms with Crippen LogP contribution in [-0.4, -0.2) is 14.9 Å². The molecule has 0 radical (unpaired) electrons. The van der Waals surface area contributed by atoms with Crippen LogP contribution in [0.4, 0.5) is 4.39 Å². The number of aromatic nitrogens is 2. The van der Waals surface area contributed by atoms with Gasteiger partial charge in [-0.2, -0.15) is 5.10 Å². The number of aliphatic hydroxyl groups is 1. The van der Waals surface area contributed by atoms with Crippen molar-refractivity contribution in [2.24, 2.45) is 7.05 Å². The Morgan fingerprint density at radius 1 is 1.19 bits per heavy atom. The molecule has 1 aromatic heterocycles. The molecule has 108 valence electrons. The van der Waals surface area contributed by atoms with Crippen molar-refractivity contribution in [2.45, 2.75) is 20.0 Å². The molecule has 0 aliphatic rings. The molecule has 2 aromatic carbocycles. The van der Waals surface area contributed by atoms with Crippen LogP contribution in [-0.2, 0) is 7.05 Å². The van der Waals surface area contributed by atoms with Crippen LogP contribution in [0.25, 0.3) is 10.9 Å². The van der Waals surface area contributed by atoms with Gasteiger partial charge in [0, 0.05) is 18.0 Å². The maximum atomic E-state index is 14.3. The molecule has 0 saturated heterocycles. The summed E-state index contributed by atoms with van der Waals surface area (Å²) in [4.78, 5) is 0. The number of halogens is 1.